The Labute approximate surface area is 137 Å². The third-order valence-corrected chi connectivity index (χ3v) is 3.64. The molecular formula is C19H23NO3. The predicted octanol–water partition coefficient (Wildman–Crippen LogP) is 3.89. The largest absolute Gasteiger partial charge is 0.496 e. The topological polar surface area (TPSA) is 47.6 Å². The van der Waals surface area contributed by atoms with Gasteiger partial charge < -0.3 is 14.8 Å². The number of carbonyl (C=O) groups excluding carboxylic acids is 1. The van der Waals surface area contributed by atoms with E-state index in [0.717, 1.165) is 33.9 Å². The van der Waals surface area contributed by atoms with Crippen LogP contribution >= 0.6 is 0 Å². The number of carbonyl (C=O) groups is 1. The van der Waals surface area contributed by atoms with Crippen molar-refractivity contribution >= 4 is 11.6 Å². The van der Waals surface area contributed by atoms with Crippen molar-refractivity contribution in [3.63, 3.8) is 0 Å². The molecule has 0 saturated carbocycles. The molecule has 0 bridgehead atoms. The van der Waals surface area contributed by atoms with Gasteiger partial charge in [-0.1, -0.05) is 12.1 Å². The maximum Gasteiger partial charge on any atom is 0.224 e. The molecule has 1 N–H and O–H groups in total. The van der Waals surface area contributed by atoms with Crippen molar-refractivity contribution in [3.8, 4) is 11.5 Å². The molecule has 122 valence electrons. The van der Waals surface area contributed by atoms with Crippen molar-refractivity contribution < 1.29 is 14.3 Å². The highest BCUT2D eigenvalue weighted by atomic mass is 16.5. The maximum atomic E-state index is 12.2. The number of aryl methyl sites for hydroxylation is 2. The highest BCUT2D eigenvalue weighted by Gasteiger charge is 2.12. The van der Waals surface area contributed by atoms with E-state index in [1.54, 1.807) is 14.2 Å². The van der Waals surface area contributed by atoms with Gasteiger partial charge in [0.25, 0.3) is 0 Å². The van der Waals surface area contributed by atoms with Crippen LogP contribution in [0.25, 0.3) is 0 Å². The Morgan fingerprint density at radius 3 is 2.09 bits per heavy atom. The number of benzene rings is 2. The second-order valence-electron chi connectivity index (χ2n) is 5.57. The molecule has 0 aliphatic carbocycles. The van der Waals surface area contributed by atoms with Crippen LogP contribution in [0.2, 0.25) is 0 Å². The van der Waals surface area contributed by atoms with Gasteiger partial charge in [-0.15, -0.1) is 0 Å². The monoisotopic (exact) mass is 313 g/mol. The van der Waals surface area contributed by atoms with Crippen molar-refractivity contribution in [2.24, 2.45) is 0 Å². The van der Waals surface area contributed by atoms with Crippen LogP contribution in [0.3, 0.4) is 0 Å². The van der Waals surface area contributed by atoms with Crippen LogP contribution < -0.4 is 14.8 Å². The molecule has 0 saturated heterocycles. The van der Waals surface area contributed by atoms with Gasteiger partial charge in [0.05, 0.1) is 14.2 Å². The SMILES string of the molecule is COc1cccc(OC)c1CCC(=O)Nc1cc(C)cc(C)c1. The molecule has 0 spiro atoms. The number of hydrogen-bond acceptors (Lipinski definition) is 3. The summed E-state index contributed by atoms with van der Waals surface area (Å²) in [6, 6.07) is 11.6. The van der Waals surface area contributed by atoms with Gasteiger partial charge in [0.15, 0.2) is 0 Å². The summed E-state index contributed by atoms with van der Waals surface area (Å²) in [5.74, 6) is 1.45. The van der Waals surface area contributed by atoms with Crippen molar-refractivity contribution in [1.29, 1.82) is 0 Å². The summed E-state index contributed by atoms with van der Waals surface area (Å²) in [7, 11) is 3.24. The Kier molecular flexibility index (Phi) is 5.63. The number of amides is 1. The summed E-state index contributed by atoms with van der Waals surface area (Å²) in [5.41, 5.74) is 4.01. The van der Waals surface area contributed by atoms with Crippen molar-refractivity contribution in [3.05, 3.63) is 53.1 Å². The second kappa shape index (κ2) is 7.68. The number of rotatable bonds is 6. The number of ether oxygens (including phenoxy) is 2. The Morgan fingerprint density at radius 1 is 1.00 bits per heavy atom. The van der Waals surface area contributed by atoms with E-state index in [4.69, 9.17) is 9.47 Å². The molecule has 0 fully saturated rings. The van der Waals surface area contributed by atoms with E-state index in [1.165, 1.54) is 0 Å². The zero-order chi connectivity index (χ0) is 16.8. The van der Waals surface area contributed by atoms with Crippen molar-refractivity contribution in [1.82, 2.24) is 0 Å². The van der Waals surface area contributed by atoms with Crippen LogP contribution in [0, 0.1) is 13.8 Å². The fourth-order valence-electron chi connectivity index (χ4n) is 2.68. The van der Waals surface area contributed by atoms with Crippen molar-refractivity contribution in [2.45, 2.75) is 26.7 Å². The summed E-state index contributed by atoms with van der Waals surface area (Å²) in [6.07, 6.45) is 0.924. The summed E-state index contributed by atoms with van der Waals surface area (Å²) in [5, 5.41) is 2.95. The summed E-state index contributed by atoms with van der Waals surface area (Å²) in [6.45, 7) is 4.03. The standard InChI is InChI=1S/C19H23NO3/c1-13-10-14(2)12-15(11-13)20-19(21)9-8-16-17(22-3)6-5-7-18(16)23-4/h5-7,10-12H,8-9H2,1-4H3,(H,20,21). The first kappa shape index (κ1) is 16.9. The van der Waals surface area contributed by atoms with Crippen molar-refractivity contribution in [2.75, 3.05) is 19.5 Å². The minimum atomic E-state index is -0.0250. The van der Waals surface area contributed by atoms with Gasteiger partial charge in [-0.25, -0.2) is 0 Å². The molecule has 23 heavy (non-hydrogen) atoms. The van der Waals surface area contributed by atoms with Crippen LogP contribution in [0.15, 0.2) is 36.4 Å². The zero-order valence-corrected chi connectivity index (χ0v) is 14.1. The number of nitrogens with one attached hydrogen (secondary N) is 1. The lowest BCUT2D eigenvalue weighted by molar-refractivity contribution is -0.116. The van der Waals surface area contributed by atoms with Crippen LogP contribution in [0.1, 0.15) is 23.1 Å². The Balaban J connectivity index is 2.05. The first-order chi connectivity index (χ1) is 11.0. The molecule has 2 aromatic rings. The Morgan fingerprint density at radius 2 is 1.57 bits per heavy atom. The van der Waals surface area contributed by atoms with Crippen LogP contribution in [-0.4, -0.2) is 20.1 Å². The van der Waals surface area contributed by atoms with Gasteiger partial charge in [0.1, 0.15) is 11.5 Å². The normalized spacial score (nSPS) is 10.3. The maximum absolute atomic E-state index is 12.2. The van der Waals surface area contributed by atoms with Crippen LogP contribution in [-0.2, 0) is 11.2 Å². The van der Waals surface area contributed by atoms with E-state index < -0.39 is 0 Å². The quantitative estimate of drug-likeness (QED) is 0.880. The molecule has 2 rings (SSSR count). The first-order valence-corrected chi connectivity index (χ1v) is 7.61. The lowest BCUT2D eigenvalue weighted by atomic mass is 10.1. The second-order valence-corrected chi connectivity index (χ2v) is 5.57. The molecule has 4 heteroatoms. The molecule has 0 heterocycles. The molecule has 0 aliphatic heterocycles. The van der Waals surface area contributed by atoms with Crippen LogP contribution in [0.5, 0.6) is 11.5 Å². The van der Waals surface area contributed by atoms with E-state index in [1.807, 2.05) is 44.2 Å². The van der Waals surface area contributed by atoms with E-state index in [0.29, 0.717) is 12.8 Å². The van der Waals surface area contributed by atoms with Gasteiger partial charge in [-0.2, -0.15) is 0 Å². The molecule has 0 unspecified atom stereocenters. The lowest BCUT2D eigenvalue weighted by Crippen LogP contribution is -2.13. The molecule has 1 amide bonds. The Bertz CT molecular complexity index is 653. The highest BCUT2D eigenvalue weighted by Crippen LogP contribution is 2.29. The fourth-order valence-corrected chi connectivity index (χ4v) is 2.68. The lowest BCUT2D eigenvalue weighted by Gasteiger charge is -2.13. The van der Waals surface area contributed by atoms with Gasteiger partial charge in [0.2, 0.25) is 5.91 Å². The van der Waals surface area contributed by atoms with E-state index >= 15 is 0 Å². The summed E-state index contributed by atoms with van der Waals surface area (Å²) >= 11 is 0. The smallest absolute Gasteiger partial charge is 0.224 e. The molecule has 0 aromatic heterocycles. The minimum absolute atomic E-state index is 0.0250. The molecular weight excluding hydrogens is 290 g/mol. The molecule has 4 nitrogen and oxygen atoms in total. The zero-order valence-electron chi connectivity index (χ0n) is 14.1. The third kappa shape index (κ3) is 4.49. The van der Waals surface area contributed by atoms with Gasteiger partial charge >= 0.3 is 0 Å². The van der Waals surface area contributed by atoms with E-state index in [2.05, 4.69) is 11.4 Å². The summed E-state index contributed by atoms with van der Waals surface area (Å²) < 4.78 is 10.7. The summed E-state index contributed by atoms with van der Waals surface area (Å²) in [4.78, 5) is 12.2. The Hall–Kier alpha value is -2.49. The average molecular weight is 313 g/mol. The number of hydrogen-bond donors (Lipinski definition) is 1. The minimum Gasteiger partial charge on any atom is -0.496 e. The van der Waals surface area contributed by atoms with Crippen LogP contribution in [0.4, 0.5) is 5.69 Å². The van der Waals surface area contributed by atoms with Gasteiger partial charge in [0, 0.05) is 17.7 Å². The molecule has 0 aliphatic rings. The highest BCUT2D eigenvalue weighted by molar-refractivity contribution is 5.91. The van der Waals surface area contributed by atoms with E-state index in [-0.39, 0.29) is 5.91 Å². The van der Waals surface area contributed by atoms with E-state index in [9.17, 15) is 4.79 Å². The first-order valence-electron chi connectivity index (χ1n) is 7.61. The molecule has 0 radical (unpaired) electrons. The third-order valence-electron chi connectivity index (χ3n) is 3.64. The number of methoxy groups -OCH3 is 2. The van der Waals surface area contributed by atoms with Gasteiger partial charge in [-0.3, -0.25) is 4.79 Å². The molecule has 0 atom stereocenters. The average Bonchev–Trinajstić information content (AvgIpc) is 2.51. The van der Waals surface area contributed by atoms with Gasteiger partial charge in [-0.05, 0) is 55.7 Å². The predicted molar refractivity (Wildman–Crippen MR) is 92.4 cm³/mol. The fraction of sp³-hybridized carbons (Fsp3) is 0.316. The number of anilines is 1. The molecule has 2 aromatic carbocycles.